The average Bonchev–Trinajstić information content (AvgIpc) is 3.20. The van der Waals surface area contributed by atoms with E-state index in [1.54, 1.807) is 26.1 Å². The maximum atomic E-state index is 13.4. The Kier molecular flexibility index (Phi) is 4.26. The third-order valence-corrected chi connectivity index (χ3v) is 5.95. The van der Waals surface area contributed by atoms with Gasteiger partial charge in [-0.05, 0) is 30.9 Å². The molecule has 2 aliphatic rings. The van der Waals surface area contributed by atoms with Crippen LogP contribution in [0.1, 0.15) is 34.7 Å². The zero-order valence-corrected chi connectivity index (χ0v) is 17.5. The Balaban J connectivity index is 1.47. The summed E-state index contributed by atoms with van der Waals surface area (Å²) in [6.45, 7) is 1.33. The summed E-state index contributed by atoms with van der Waals surface area (Å²) < 4.78 is 12.1. The predicted molar refractivity (Wildman–Crippen MR) is 115 cm³/mol. The Morgan fingerprint density at radius 1 is 1.30 bits per heavy atom. The van der Waals surface area contributed by atoms with Crippen LogP contribution in [0.25, 0.3) is 5.78 Å². The van der Waals surface area contributed by atoms with Crippen LogP contribution in [-0.4, -0.2) is 52.0 Å². The van der Waals surface area contributed by atoms with Gasteiger partial charge < -0.3 is 9.52 Å². The second kappa shape index (κ2) is 7.20. The molecule has 1 fully saturated rings. The first-order chi connectivity index (χ1) is 16.0. The van der Waals surface area contributed by atoms with Crippen molar-refractivity contribution in [3.05, 3.63) is 58.3 Å². The number of fused-ring (bicyclic) bond motifs is 3. The molecule has 13 heteroatoms. The number of nitrogens with zero attached hydrogens (tertiary/aromatic N) is 8. The molecule has 0 bridgehead atoms. The number of aromatic nitrogens is 6. The molecule has 33 heavy (non-hydrogen) atoms. The van der Waals surface area contributed by atoms with Gasteiger partial charge in [-0.3, -0.25) is 19.3 Å². The molecule has 1 aliphatic carbocycles. The second-order valence-corrected chi connectivity index (χ2v) is 8.25. The number of hydrazine groups is 1. The largest absolute Gasteiger partial charge is 0.478 e. The predicted octanol–water partition coefficient (Wildman–Crippen LogP) is 0.384. The number of nitrogens with two attached hydrogens (primary N) is 1. The number of anilines is 1. The van der Waals surface area contributed by atoms with Crippen LogP contribution in [-0.2, 0) is 19.6 Å². The summed E-state index contributed by atoms with van der Waals surface area (Å²) >= 11 is 0. The second-order valence-electron chi connectivity index (χ2n) is 8.25. The molecule has 4 aromatic heterocycles. The number of aryl methyl sites for hydroxylation is 2. The molecular weight excluding hydrogens is 430 g/mol. The van der Waals surface area contributed by atoms with Crippen LogP contribution in [0.3, 0.4) is 0 Å². The summed E-state index contributed by atoms with van der Waals surface area (Å²) in [4.78, 5) is 33.9. The van der Waals surface area contributed by atoms with Crippen molar-refractivity contribution in [3.63, 3.8) is 0 Å². The van der Waals surface area contributed by atoms with Gasteiger partial charge >= 0.3 is 11.7 Å². The lowest BCUT2D eigenvalue weighted by atomic mass is 10.2. The number of carbonyl (C=O) groups is 1. The molecule has 0 saturated heterocycles. The quantitative estimate of drug-likeness (QED) is 0.382. The molecule has 0 amide bonds. The number of carboxylic acids is 1. The van der Waals surface area contributed by atoms with Gasteiger partial charge in [-0.15, -0.1) is 0 Å². The van der Waals surface area contributed by atoms with Crippen molar-refractivity contribution in [2.75, 3.05) is 11.7 Å². The molecule has 4 aromatic rings. The highest BCUT2D eigenvalue weighted by molar-refractivity contribution is 6.14. The fourth-order valence-corrected chi connectivity index (χ4v) is 4.11. The number of carboxylic acid groups (broad SMARTS) is 1. The van der Waals surface area contributed by atoms with E-state index in [0.29, 0.717) is 47.8 Å². The Labute approximate surface area is 185 Å². The molecule has 6 rings (SSSR count). The standard InChI is InChI=1S/C20H21N9O4/c21-27-11-22-15(14-2-1-7-33-14)16-17(27)24-19-26(6-5-25-10-13(8-23-25)18(30)31)20(32)28(29(16)19)9-12-3-4-12/h1-2,7-8,10,12H,3-6,9,11,21H2,(H,30,31). The Hall–Kier alpha value is -4.13. The lowest BCUT2D eigenvalue weighted by Gasteiger charge is -2.21. The summed E-state index contributed by atoms with van der Waals surface area (Å²) in [6, 6.07) is 3.59. The number of rotatable bonds is 7. The van der Waals surface area contributed by atoms with Crippen molar-refractivity contribution < 1.29 is 14.3 Å². The van der Waals surface area contributed by atoms with E-state index in [1.807, 2.05) is 6.07 Å². The number of aromatic carboxylic acids is 1. The maximum absolute atomic E-state index is 13.4. The lowest BCUT2D eigenvalue weighted by Crippen LogP contribution is -2.37. The van der Waals surface area contributed by atoms with E-state index in [2.05, 4.69) is 10.1 Å². The topological polar surface area (TPSA) is 154 Å². The Bertz CT molecular complexity index is 1450. The fraction of sp³-hybridized carbons (Fsp3) is 0.350. The van der Waals surface area contributed by atoms with E-state index in [9.17, 15) is 9.59 Å². The monoisotopic (exact) mass is 451 g/mol. The van der Waals surface area contributed by atoms with Gasteiger partial charge in [0, 0.05) is 12.7 Å². The SMILES string of the molecule is NN1CN=C(c2ccco2)c2c1nc1n(CCn3cc(C(=O)O)cn3)c(=O)n(CC3CC3)n21. The molecule has 0 aromatic carbocycles. The summed E-state index contributed by atoms with van der Waals surface area (Å²) in [5.41, 5.74) is 1.08. The zero-order valence-electron chi connectivity index (χ0n) is 17.5. The van der Waals surface area contributed by atoms with Gasteiger partial charge in [0.15, 0.2) is 11.6 Å². The van der Waals surface area contributed by atoms with E-state index < -0.39 is 5.97 Å². The van der Waals surface area contributed by atoms with E-state index in [0.717, 1.165) is 12.8 Å². The summed E-state index contributed by atoms with van der Waals surface area (Å²) in [6.07, 6.45) is 6.44. The lowest BCUT2D eigenvalue weighted by molar-refractivity contribution is 0.0696. The number of furan rings is 1. The molecule has 3 N–H and O–H groups in total. The van der Waals surface area contributed by atoms with Gasteiger partial charge in [0.25, 0.3) is 0 Å². The van der Waals surface area contributed by atoms with Crippen LogP contribution in [0.4, 0.5) is 5.82 Å². The summed E-state index contributed by atoms with van der Waals surface area (Å²) in [5, 5.41) is 14.6. The minimum atomic E-state index is -1.05. The fourth-order valence-electron chi connectivity index (χ4n) is 4.11. The highest BCUT2D eigenvalue weighted by Gasteiger charge is 2.33. The number of hydrogen-bond acceptors (Lipinski definition) is 8. The third-order valence-electron chi connectivity index (χ3n) is 5.95. The van der Waals surface area contributed by atoms with E-state index in [1.165, 1.54) is 22.1 Å². The molecule has 170 valence electrons. The first-order valence-corrected chi connectivity index (χ1v) is 10.6. The molecule has 13 nitrogen and oxygen atoms in total. The van der Waals surface area contributed by atoms with Crippen LogP contribution in [0.5, 0.6) is 0 Å². The highest BCUT2D eigenvalue weighted by atomic mass is 16.4. The molecule has 1 saturated carbocycles. The molecular formula is C20H21N9O4. The van der Waals surface area contributed by atoms with Crippen LogP contribution < -0.4 is 16.5 Å². The number of imidazole rings is 1. The molecule has 0 radical (unpaired) electrons. The van der Waals surface area contributed by atoms with Crippen LogP contribution in [0.15, 0.2) is 45.0 Å². The van der Waals surface area contributed by atoms with Crippen molar-refractivity contribution in [3.8, 4) is 0 Å². The molecule has 5 heterocycles. The first kappa shape index (κ1) is 19.5. The summed E-state index contributed by atoms with van der Waals surface area (Å²) in [7, 11) is 0. The van der Waals surface area contributed by atoms with Gasteiger partial charge in [-0.2, -0.15) is 10.1 Å². The molecule has 0 atom stereocenters. The number of hydrogen-bond donors (Lipinski definition) is 2. The van der Waals surface area contributed by atoms with Gasteiger partial charge in [0.05, 0.1) is 31.1 Å². The smallest absolute Gasteiger partial charge is 0.346 e. The van der Waals surface area contributed by atoms with Gasteiger partial charge in [0.1, 0.15) is 18.1 Å². The van der Waals surface area contributed by atoms with Crippen molar-refractivity contribution in [1.29, 1.82) is 0 Å². The minimum Gasteiger partial charge on any atom is -0.478 e. The van der Waals surface area contributed by atoms with Crippen LogP contribution in [0.2, 0.25) is 0 Å². The third kappa shape index (κ3) is 3.16. The number of aliphatic imine (C=N–C) groups is 1. The average molecular weight is 451 g/mol. The zero-order chi connectivity index (χ0) is 22.7. The minimum absolute atomic E-state index is 0.0909. The molecule has 0 unspecified atom stereocenters. The summed E-state index contributed by atoms with van der Waals surface area (Å²) in [5.74, 6) is 7.09. The highest BCUT2D eigenvalue weighted by Crippen LogP contribution is 2.32. The van der Waals surface area contributed by atoms with Crippen molar-refractivity contribution in [2.24, 2.45) is 16.8 Å². The maximum Gasteiger partial charge on any atom is 0.346 e. The van der Waals surface area contributed by atoms with Gasteiger partial charge in [-0.1, -0.05) is 0 Å². The van der Waals surface area contributed by atoms with Crippen molar-refractivity contribution in [1.82, 2.24) is 28.5 Å². The Morgan fingerprint density at radius 3 is 2.85 bits per heavy atom. The van der Waals surface area contributed by atoms with E-state index in [-0.39, 0.29) is 24.5 Å². The normalized spacial score (nSPS) is 15.8. The van der Waals surface area contributed by atoms with Gasteiger partial charge in [-0.25, -0.2) is 24.6 Å². The van der Waals surface area contributed by atoms with E-state index in [4.69, 9.17) is 20.4 Å². The molecule has 0 spiro atoms. The van der Waals surface area contributed by atoms with Crippen molar-refractivity contribution in [2.45, 2.75) is 32.5 Å². The Morgan fingerprint density at radius 2 is 2.15 bits per heavy atom. The first-order valence-electron chi connectivity index (χ1n) is 10.6. The van der Waals surface area contributed by atoms with E-state index >= 15 is 0 Å². The van der Waals surface area contributed by atoms with Crippen molar-refractivity contribution >= 4 is 23.3 Å². The van der Waals surface area contributed by atoms with Crippen LogP contribution >= 0.6 is 0 Å². The van der Waals surface area contributed by atoms with Crippen LogP contribution in [0, 0.1) is 5.92 Å². The van der Waals surface area contributed by atoms with Gasteiger partial charge in [0.2, 0.25) is 5.78 Å². The molecule has 1 aliphatic heterocycles.